The average molecular weight is 442 g/mol. The van der Waals surface area contributed by atoms with Crippen LogP contribution >= 0.6 is 0 Å². The highest BCUT2D eigenvalue weighted by Crippen LogP contribution is 2.19. The van der Waals surface area contributed by atoms with Crippen LogP contribution in [0.5, 0.6) is 5.75 Å². The topological polar surface area (TPSA) is 53.9 Å². The number of carbonyl (C=O) groups is 1. The van der Waals surface area contributed by atoms with Crippen LogP contribution in [0, 0.1) is 5.92 Å². The molecule has 0 radical (unpaired) electrons. The Morgan fingerprint density at radius 1 is 0.909 bits per heavy atom. The van der Waals surface area contributed by atoms with Gasteiger partial charge in [-0.15, -0.1) is 0 Å². The third kappa shape index (κ3) is 6.77. The van der Waals surface area contributed by atoms with Crippen LogP contribution in [0.1, 0.15) is 36.5 Å². The highest BCUT2D eigenvalue weighted by atomic mass is 16.5. The Hall–Kier alpha value is -3.44. The fourth-order valence-electron chi connectivity index (χ4n) is 4.02. The van der Waals surface area contributed by atoms with Crippen LogP contribution in [-0.4, -0.2) is 29.6 Å². The molecule has 4 rings (SSSR count). The lowest BCUT2D eigenvalue weighted by atomic mass is 9.96. The molecule has 1 heterocycles. The second kappa shape index (κ2) is 11.4. The van der Waals surface area contributed by atoms with Crippen LogP contribution in [0.4, 0.5) is 0 Å². The zero-order chi connectivity index (χ0) is 22.9. The summed E-state index contributed by atoms with van der Waals surface area (Å²) >= 11 is 0. The van der Waals surface area contributed by atoms with Crippen LogP contribution in [0.3, 0.4) is 0 Å². The Labute approximate surface area is 196 Å². The number of likely N-dealkylation sites (tertiary alicyclic amines) is 1. The van der Waals surface area contributed by atoms with Gasteiger partial charge in [-0.2, -0.15) is 5.10 Å². The van der Waals surface area contributed by atoms with Crippen LogP contribution in [0.2, 0.25) is 0 Å². The fourth-order valence-corrected chi connectivity index (χ4v) is 4.02. The second-order valence-electron chi connectivity index (χ2n) is 8.51. The molecule has 5 heteroatoms. The molecule has 1 aliphatic rings. The number of nitrogens with zero attached hydrogens (tertiary/aromatic N) is 2. The first-order valence-corrected chi connectivity index (χ1v) is 11.5. The molecular weight excluding hydrogens is 410 g/mol. The Morgan fingerprint density at radius 3 is 2.15 bits per heavy atom. The van der Waals surface area contributed by atoms with Gasteiger partial charge in [-0.1, -0.05) is 60.7 Å². The summed E-state index contributed by atoms with van der Waals surface area (Å²) in [7, 11) is 0. The Morgan fingerprint density at radius 2 is 1.52 bits per heavy atom. The predicted octanol–water partition coefficient (Wildman–Crippen LogP) is 5.02. The maximum absolute atomic E-state index is 12.6. The molecule has 1 aliphatic heterocycles. The van der Waals surface area contributed by atoms with E-state index < -0.39 is 0 Å². The summed E-state index contributed by atoms with van der Waals surface area (Å²) in [6.07, 6.45) is 1.72. The lowest BCUT2D eigenvalue weighted by molar-refractivity contribution is -0.126. The summed E-state index contributed by atoms with van der Waals surface area (Å²) in [5.41, 5.74) is 6.96. The number of hydrazone groups is 1. The van der Waals surface area contributed by atoms with Crippen LogP contribution < -0.4 is 10.2 Å². The molecule has 3 aromatic rings. The van der Waals surface area contributed by atoms with E-state index in [1.165, 1.54) is 5.56 Å². The maximum atomic E-state index is 12.6. The van der Waals surface area contributed by atoms with E-state index in [0.29, 0.717) is 6.61 Å². The monoisotopic (exact) mass is 441 g/mol. The van der Waals surface area contributed by atoms with E-state index in [1.807, 2.05) is 67.6 Å². The van der Waals surface area contributed by atoms with Crippen LogP contribution in [0.25, 0.3) is 0 Å². The summed E-state index contributed by atoms with van der Waals surface area (Å²) < 4.78 is 5.84. The molecule has 0 spiro atoms. The lowest BCUT2D eigenvalue weighted by Crippen LogP contribution is -2.39. The molecule has 0 bridgehead atoms. The number of nitrogens with one attached hydrogen (secondary N) is 1. The van der Waals surface area contributed by atoms with Gasteiger partial charge in [0.25, 0.3) is 0 Å². The SMILES string of the molecule is CC(=NNC(=O)C1CCN(Cc2ccccc2)CC1)c1ccc(OCc2ccccc2)cc1. The summed E-state index contributed by atoms with van der Waals surface area (Å²) in [4.78, 5) is 15.0. The van der Waals surface area contributed by atoms with Crippen molar-refractivity contribution in [3.63, 3.8) is 0 Å². The summed E-state index contributed by atoms with van der Waals surface area (Å²) in [5.74, 6) is 0.834. The van der Waals surface area contributed by atoms with Gasteiger partial charge in [0.1, 0.15) is 12.4 Å². The van der Waals surface area contributed by atoms with Gasteiger partial charge < -0.3 is 4.74 Å². The van der Waals surface area contributed by atoms with Gasteiger partial charge in [0, 0.05) is 12.5 Å². The third-order valence-corrected chi connectivity index (χ3v) is 6.06. The van der Waals surface area contributed by atoms with Gasteiger partial charge in [0.2, 0.25) is 5.91 Å². The number of ether oxygens (including phenoxy) is 1. The Bertz CT molecular complexity index is 1040. The first-order chi connectivity index (χ1) is 16.2. The van der Waals surface area contributed by atoms with Crippen molar-refractivity contribution in [1.82, 2.24) is 10.3 Å². The number of piperidine rings is 1. The molecule has 33 heavy (non-hydrogen) atoms. The molecule has 0 aliphatic carbocycles. The third-order valence-electron chi connectivity index (χ3n) is 6.06. The normalized spacial score (nSPS) is 15.2. The standard InChI is InChI=1S/C28H31N3O2/c1-22(25-12-14-27(15-13-25)33-21-24-10-6-3-7-11-24)29-30-28(32)26-16-18-31(19-17-26)20-23-8-4-2-5-9-23/h2-15,26H,16-21H2,1H3,(H,30,32). The number of rotatable bonds is 8. The van der Waals surface area contributed by atoms with Gasteiger partial charge in [0.05, 0.1) is 5.71 Å². The number of carbonyl (C=O) groups excluding carboxylic acids is 1. The summed E-state index contributed by atoms with van der Waals surface area (Å²) in [5, 5.41) is 4.34. The number of benzene rings is 3. The smallest absolute Gasteiger partial charge is 0.243 e. The highest BCUT2D eigenvalue weighted by molar-refractivity contribution is 5.99. The number of hydrogen-bond donors (Lipinski definition) is 1. The van der Waals surface area contributed by atoms with E-state index in [4.69, 9.17) is 4.74 Å². The molecule has 1 saturated heterocycles. The van der Waals surface area contributed by atoms with Crippen molar-refractivity contribution in [3.05, 3.63) is 102 Å². The number of hydrogen-bond acceptors (Lipinski definition) is 4. The van der Waals surface area contributed by atoms with Gasteiger partial charge in [-0.05, 0) is 73.8 Å². The van der Waals surface area contributed by atoms with Crippen molar-refractivity contribution >= 4 is 11.6 Å². The molecule has 1 N–H and O–H groups in total. The van der Waals surface area contributed by atoms with Crippen molar-refractivity contribution in [1.29, 1.82) is 0 Å². The average Bonchev–Trinajstić information content (AvgIpc) is 2.88. The largest absolute Gasteiger partial charge is 0.489 e. The molecule has 1 amide bonds. The van der Waals surface area contributed by atoms with Gasteiger partial charge >= 0.3 is 0 Å². The van der Waals surface area contributed by atoms with Crippen molar-refractivity contribution < 1.29 is 9.53 Å². The van der Waals surface area contributed by atoms with Crippen LogP contribution in [0.15, 0.2) is 90.0 Å². The quantitative estimate of drug-likeness (QED) is 0.395. The molecule has 0 saturated carbocycles. The van der Waals surface area contributed by atoms with E-state index in [0.717, 1.165) is 55.1 Å². The molecule has 3 aromatic carbocycles. The minimum absolute atomic E-state index is 0.0107. The second-order valence-corrected chi connectivity index (χ2v) is 8.51. The first kappa shape index (κ1) is 22.7. The summed E-state index contributed by atoms with van der Waals surface area (Å²) in [6.45, 7) is 5.24. The van der Waals surface area contributed by atoms with E-state index in [2.05, 4.69) is 39.7 Å². The van der Waals surface area contributed by atoms with Gasteiger partial charge in [0.15, 0.2) is 0 Å². The maximum Gasteiger partial charge on any atom is 0.243 e. The van der Waals surface area contributed by atoms with Crippen molar-refractivity contribution in [2.45, 2.75) is 32.9 Å². The lowest BCUT2D eigenvalue weighted by Gasteiger charge is -2.30. The molecule has 0 atom stereocenters. The zero-order valence-corrected chi connectivity index (χ0v) is 19.1. The molecule has 0 unspecified atom stereocenters. The Balaban J connectivity index is 1.22. The van der Waals surface area contributed by atoms with E-state index >= 15 is 0 Å². The van der Waals surface area contributed by atoms with Crippen molar-refractivity contribution in [3.8, 4) is 5.75 Å². The minimum atomic E-state index is 0.0107. The molecule has 5 nitrogen and oxygen atoms in total. The first-order valence-electron chi connectivity index (χ1n) is 11.5. The van der Waals surface area contributed by atoms with Crippen LogP contribution in [-0.2, 0) is 17.9 Å². The number of amides is 1. The fraction of sp³-hybridized carbons (Fsp3) is 0.286. The molecule has 170 valence electrons. The molecule has 0 aromatic heterocycles. The van der Waals surface area contributed by atoms with E-state index in [9.17, 15) is 4.79 Å². The molecule has 1 fully saturated rings. The minimum Gasteiger partial charge on any atom is -0.489 e. The Kier molecular flexibility index (Phi) is 7.88. The van der Waals surface area contributed by atoms with E-state index in [1.54, 1.807) is 0 Å². The van der Waals surface area contributed by atoms with Crippen molar-refractivity contribution in [2.24, 2.45) is 11.0 Å². The van der Waals surface area contributed by atoms with Crippen molar-refractivity contribution in [2.75, 3.05) is 13.1 Å². The van der Waals surface area contributed by atoms with Gasteiger partial charge in [-0.25, -0.2) is 5.43 Å². The van der Waals surface area contributed by atoms with Gasteiger partial charge in [-0.3, -0.25) is 9.69 Å². The zero-order valence-electron chi connectivity index (χ0n) is 19.1. The predicted molar refractivity (Wildman–Crippen MR) is 132 cm³/mol. The molecular formula is C28H31N3O2. The highest BCUT2D eigenvalue weighted by Gasteiger charge is 2.24. The summed E-state index contributed by atoms with van der Waals surface area (Å²) in [6, 6.07) is 28.4. The van der Waals surface area contributed by atoms with E-state index in [-0.39, 0.29) is 11.8 Å².